The van der Waals surface area contributed by atoms with Gasteiger partial charge in [0, 0.05) is 26.6 Å². The van der Waals surface area contributed by atoms with Crippen LogP contribution in [0.15, 0.2) is 52.2 Å². The minimum absolute atomic E-state index is 0.112. The summed E-state index contributed by atoms with van der Waals surface area (Å²) in [4.78, 5) is 28.7. The molecular formula is C30H37NO5. The average molecular weight is 492 g/mol. The van der Waals surface area contributed by atoms with E-state index in [1.54, 1.807) is 12.7 Å². The van der Waals surface area contributed by atoms with E-state index in [9.17, 15) is 9.59 Å². The molecule has 1 aromatic carbocycles. The van der Waals surface area contributed by atoms with E-state index in [0.717, 1.165) is 49.7 Å². The predicted octanol–water partition coefficient (Wildman–Crippen LogP) is 5.51. The lowest BCUT2D eigenvalue weighted by molar-refractivity contribution is -0.147. The summed E-state index contributed by atoms with van der Waals surface area (Å²) in [7, 11) is 3.64. The molecule has 5 atom stereocenters. The highest BCUT2D eigenvalue weighted by Crippen LogP contribution is 2.64. The molecule has 0 heterocycles. The number of hydrogen-bond donors (Lipinski definition) is 0. The van der Waals surface area contributed by atoms with Gasteiger partial charge in [0.25, 0.3) is 0 Å². The second-order valence-corrected chi connectivity index (χ2v) is 11.2. The minimum Gasteiger partial charge on any atom is -0.382 e. The number of allylic oxidation sites excluding steroid dienone is 4. The molecule has 4 aliphatic rings. The fourth-order valence-corrected chi connectivity index (χ4v) is 7.75. The van der Waals surface area contributed by atoms with Crippen molar-refractivity contribution in [2.45, 2.75) is 70.3 Å². The Kier molecular flexibility index (Phi) is 6.77. The number of nitrogens with zero attached hydrogens (tertiary/aromatic N) is 1. The lowest BCUT2D eigenvalue weighted by atomic mass is 9.54. The molecule has 0 spiro atoms. The summed E-state index contributed by atoms with van der Waals surface area (Å²) in [5.41, 5.74) is 6.07. The minimum atomic E-state index is -0.453. The van der Waals surface area contributed by atoms with Gasteiger partial charge in [0.15, 0.2) is 5.78 Å². The van der Waals surface area contributed by atoms with Crippen LogP contribution in [0.3, 0.4) is 0 Å². The number of fused-ring (bicyclic) bond motifs is 4. The number of methoxy groups -OCH3 is 2. The van der Waals surface area contributed by atoms with Crippen LogP contribution in [-0.4, -0.2) is 44.4 Å². The second kappa shape index (κ2) is 9.71. The van der Waals surface area contributed by atoms with Crippen molar-refractivity contribution in [3.05, 3.63) is 58.2 Å². The Morgan fingerprint density at radius 3 is 2.61 bits per heavy atom. The summed E-state index contributed by atoms with van der Waals surface area (Å²) in [6, 6.07) is 7.82. The average Bonchev–Trinajstić information content (AvgIpc) is 3.16. The SMILES string of the molecule is COC[C@]1(OC)CC[C@H]2[C@@H]3CCC4=CC(=O)C(c5ccc(C=NOC(C)=O)cc5)CC4=C3CC[C@@]21C. The third-order valence-electron chi connectivity index (χ3n) is 9.62. The first kappa shape index (κ1) is 25.1. The van der Waals surface area contributed by atoms with Gasteiger partial charge in [-0.2, -0.15) is 0 Å². The Morgan fingerprint density at radius 1 is 1.14 bits per heavy atom. The summed E-state index contributed by atoms with van der Waals surface area (Å²) in [5.74, 6) is 0.758. The molecule has 2 fully saturated rings. The van der Waals surface area contributed by atoms with E-state index >= 15 is 0 Å². The summed E-state index contributed by atoms with van der Waals surface area (Å²) in [6.07, 6.45) is 10.7. The first-order chi connectivity index (χ1) is 17.3. The van der Waals surface area contributed by atoms with Crippen molar-refractivity contribution in [2.75, 3.05) is 20.8 Å². The molecule has 1 aromatic rings. The molecule has 0 radical (unpaired) electrons. The Balaban J connectivity index is 1.40. The van der Waals surface area contributed by atoms with Crippen LogP contribution >= 0.6 is 0 Å². The first-order valence-electron chi connectivity index (χ1n) is 13.1. The highest BCUT2D eigenvalue weighted by molar-refractivity contribution is 5.98. The zero-order valence-electron chi connectivity index (χ0n) is 21.8. The fourth-order valence-electron chi connectivity index (χ4n) is 7.75. The number of carbonyl (C=O) groups is 2. The summed E-state index contributed by atoms with van der Waals surface area (Å²) < 4.78 is 11.9. The van der Waals surface area contributed by atoms with Gasteiger partial charge < -0.3 is 14.3 Å². The molecule has 0 aliphatic heterocycles. The second-order valence-electron chi connectivity index (χ2n) is 11.2. The third-order valence-corrected chi connectivity index (χ3v) is 9.62. The molecule has 36 heavy (non-hydrogen) atoms. The van der Waals surface area contributed by atoms with Gasteiger partial charge in [-0.1, -0.05) is 41.9 Å². The van der Waals surface area contributed by atoms with E-state index in [4.69, 9.17) is 9.47 Å². The topological polar surface area (TPSA) is 74.2 Å². The molecule has 192 valence electrons. The lowest BCUT2D eigenvalue weighted by Crippen LogP contribution is -2.53. The Morgan fingerprint density at radius 2 is 1.92 bits per heavy atom. The van der Waals surface area contributed by atoms with Gasteiger partial charge in [0.05, 0.1) is 24.3 Å². The Bertz CT molecular complexity index is 1130. The first-order valence-corrected chi connectivity index (χ1v) is 13.1. The maximum atomic E-state index is 13.2. The normalized spacial score (nSPS) is 33.7. The monoisotopic (exact) mass is 491 g/mol. The van der Waals surface area contributed by atoms with Gasteiger partial charge in [0.1, 0.15) is 0 Å². The van der Waals surface area contributed by atoms with E-state index in [2.05, 4.69) is 16.9 Å². The number of benzene rings is 1. The van der Waals surface area contributed by atoms with Crippen LogP contribution in [0.4, 0.5) is 0 Å². The molecule has 0 bridgehead atoms. The smallest absolute Gasteiger partial charge is 0.331 e. The van der Waals surface area contributed by atoms with Crippen molar-refractivity contribution in [1.82, 2.24) is 0 Å². The van der Waals surface area contributed by atoms with E-state index in [1.165, 1.54) is 30.7 Å². The van der Waals surface area contributed by atoms with Crippen molar-refractivity contribution in [3.8, 4) is 0 Å². The van der Waals surface area contributed by atoms with Crippen molar-refractivity contribution < 1.29 is 23.9 Å². The number of hydrogen-bond acceptors (Lipinski definition) is 6. The van der Waals surface area contributed by atoms with Gasteiger partial charge >= 0.3 is 5.97 Å². The molecule has 4 aliphatic carbocycles. The highest BCUT2D eigenvalue weighted by Gasteiger charge is 2.61. The number of ether oxygens (including phenoxy) is 2. The molecule has 6 nitrogen and oxygen atoms in total. The number of ketones is 1. The molecule has 2 saturated carbocycles. The number of oxime groups is 1. The van der Waals surface area contributed by atoms with Gasteiger partial charge in [0.2, 0.25) is 0 Å². The van der Waals surface area contributed by atoms with Crippen LogP contribution in [0.25, 0.3) is 0 Å². The summed E-state index contributed by atoms with van der Waals surface area (Å²) in [5, 5.41) is 3.68. The van der Waals surface area contributed by atoms with Crippen molar-refractivity contribution >= 4 is 18.0 Å². The van der Waals surface area contributed by atoms with E-state index in [-0.39, 0.29) is 22.7 Å². The molecule has 6 heteroatoms. The fraction of sp³-hybridized carbons (Fsp3) is 0.567. The zero-order chi connectivity index (χ0) is 25.5. The standard InChI is InChI=1S/C30H37NO5/c1-19(32)36-31-17-20-5-7-21(8-6-20)26-16-25-22(15-28(26)33)9-10-24-23(25)11-13-29(2)27(24)12-14-30(29,35-4)18-34-3/h5-8,15,17,24,26-27H,9-14,16,18H2,1-4H3/t24-,26?,27+,29+,30-/m1/s1. The van der Waals surface area contributed by atoms with Crippen molar-refractivity contribution in [2.24, 2.45) is 22.4 Å². The molecule has 5 rings (SSSR count). The molecule has 0 amide bonds. The molecule has 0 N–H and O–H groups in total. The Hall–Kier alpha value is -2.57. The van der Waals surface area contributed by atoms with Crippen LogP contribution in [0, 0.1) is 17.3 Å². The lowest BCUT2D eigenvalue weighted by Gasteiger charge is -2.53. The zero-order valence-corrected chi connectivity index (χ0v) is 21.8. The predicted molar refractivity (Wildman–Crippen MR) is 138 cm³/mol. The largest absolute Gasteiger partial charge is 0.382 e. The molecule has 0 saturated heterocycles. The van der Waals surface area contributed by atoms with Crippen LogP contribution < -0.4 is 0 Å². The van der Waals surface area contributed by atoms with E-state index in [1.807, 2.05) is 37.5 Å². The Labute approximate surface area is 213 Å². The van der Waals surface area contributed by atoms with Gasteiger partial charge in [-0.3, -0.25) is 4.79 Å². The maximum absolute atomic E-state index is 13.2. The van der Waals surface area contributed by atoms with Gasteiger partial charge in [-0.25, -0.2) is 4.79 Å². The number of rotatable bonds is 6. The van der Waals surface area contributed by atoms with Gasteiger partial charge in [-0.15, -0.1) is 0 Å². The number of carbonyl (C=O) groups excluding carboxylic acids is 2. The van der Waals surface area contributed by atoms with E-state index < -0.39 is 5.97 Å². The highest BCUT2D eigenvalue weighted by atomic mass is 16.7. The molecular weight excluding hydrogens is 454 g/mol. The van der Waals surface area contributed by atoms with Crippen LogP contribution in [-0.2, 0) is 23.9 Å². The third kappa shape index (κ3) is 4.08. The maximum Gasteiger partial charge on any atom is 0.331 e. The van der Waals surface area contributed by atoms with E-state index in [0.29, 0.717) is 18.4 Å². The molecule has 0 aromatic heterocycles. The van der Waals surface area contributed by atoms with Gasteiger partial charge in [-0.05, 0) is 85.1 Å². The molecule has 1 unspecified atom stereocenters. The summed E-state index contributed by atoms with van der Waals surface area (Å²) >= 11 is 0. The van der Waals surface area contributed by atoms with Crippen LogP contribution in [0.5, 0.6) is 0 Å². The van der Waals surface area contributed by atoms with Crippen molar-refractivity contribution in [3.63, 3.8) is 0 Å². The van der Waals surface area contributed by atoms with Crippen LogP contribution in [0.2, 0.25) is 0 Å². The van der Waals surface area contributed by atoms with Crippen molar-refractivity contribution in [1.29, 1.82) is 0 Å². The van der Waals surface area contributed by atoms with Crippen LogP contribution in [0.1, 0.15) is 75.8 Å². The quantitative estimate of drug-likeness (QED) is 0.298. The summed E-state index contributed by atoms with van der Waals surface area (Å²) in [6.45, 7) is 4.40.